The Balaban J connectivity index is 0.00000176. The molecule has 0 radical (unpaired) electrons. The number of esters is 1. The van der Waals surface area contributed by atoms with Crippen LogP contribution in [0.2, 0.25) is 0 Å². The number of benzene rings is 1. The largest absolute Gasteiger partial charge is 0.461 e. The number of allylic oxidation sites excluding steroid dienone is 5. The highest BCUT2D eigenvalue weighted by molar-refractivity contribution is 7.95. The van der Waals surface area contributed by atoms with Gasteiger partial charge in [0.05, 0.1) is 40.3 Å². The summed E-state index contributed by atoms with van der Waals surface area (Å²) in [6.07, 6.45) is 6.58. The molecule has 0 bridgehead atoms. The number of aryl methyl sites for hydroxylation is 1. The summed E-state index contributed by atoms with van der Waals surface area (Å²) >= 11 is 0. The molecule has 2 aliphatic heterocycles. The van der Waals surface area contributed by atoms with Gasteiger partial charge >= 0.3 is 5.97 Å². The first-order valence-electron chi connectivity index (χ1n) is 10.5. The second kappa shape index (κ2) is 11.3. The first-order chi connectivity index (χ1) is 15.4. The molecule has 7 heteroatoms. The van der Waals surface area contributed by atoms with Crippen molar-refractivity contribution in [2.75, 3.05) is 12.4 Å². The fourth-order valence-corrected chi connectivity index (χ4v) is 5.48. The van der Waals surface area contributed by atoms with Crippen LogP contribution in [0, 0.1) is 17.2 Å². The monoisotopic (exact) mass is 452 g/mol. The molecule has 3 rings (SSSR count). The van der Waals surface area contributed by atoms with Gasteiger partial charge < -0.3 is 10.1 Å². The summed E-state index contributed by atoms with van der Waals surface area (Å²) in [6, 6.07) is 9.40. The summed E-state index contributed by atoms with van der Waals surface area (Å²) in [5.74, 6) is -1.64. The fourth-order valence-electron chi connectivity index (χ4n) is 3.67. The van der Waals surface area contributed by atoms with E-state index in [-0.39, 0.29) is 29.3 Å². The van der Waals surface area contributed by atoms with Gasteiger partial charge in [-0.2, -0.15) is 5.26 Å². The van der Waals surface area contributed by atoms with E-state index >= 15 is 0 Å². The van der Waals surface area contributed by atoms with Gasteiger partial charge in [-0.25, -0.2) is 13.2 Å². The van der Waals surface area contributed by atoms with Gasteiger partial charge in [-0.05, 0) is 17.6 Å². The highest BCUT2D eigenvalue weighted by Gasteiger charge is 2.41. The average Bonchev–Trinajstić information content (AvgIpc) is 2.93. The zero-order valence-corrected chi connectivity index (χ0v) is 19.2. The molecule has 2 heterocycles. The van der Waals surface area contributed by atoms with Gasteiger partial charge in [0.25, 0.3) is 0 Å². The minimum absolute atomic E-state index is 0.0492. The summed E-state index contributed by atoms with van der Waals surface area (Å²) in [5.41, 5.74) is 2.82. The van der Waals surface area contributed by atoms with Crippen molar-refractivity contribution in [1.82, 2.24) is 5.32 Å². The van der Waals surface area contributed by atoms with Gasteiger partial charge in [0.2, 0.25) is 0 Å². The van der Waals surface area contributed by atoms with Gasteiger partial charge in [-0.1, -0.05) is 69.5 Å². The number of carbonyl (C=O) groups is 1. The number of fused-ring (bicyclic) bond motifs is 2. The van der Waals surface area contributed by atoms with Crippen molar-refractivity contribution < 1.29 is 17.9 Å². The second-order valence-corrected chi connectivity index (χ2v) is 8.87. The smallest absolute Gasteiger partial charge is 0.336 e. The molecule has 32 heavy (non-hydrogen) atoms. The maximum atomic E-state index is 13.4. The number of hydrogen-bond donors (Lipinski definition) is 1. The third-order valence-electron chi connectivity index (χ3n) is 5.02. The number of nitrogens with one attached hydrogen (secondary N) is 1. The Kier molecular flexibility index (Phi) is 8.80. The number of rotatable bonds is 6. The van der Waals surface area contributed by atoms with E-state index in [1.165, 1.54) is 18.4 Å². The molecule has 0 spiro atoms. The maximum absolute atomic E-state index is 13.4. The molecule has 2 aliphatic rings. The SMILES string of the molecule is C=C/C=C(\C=C)C1C(C(=O)OCCC#N)=CNC2=C1S(=O)(=O)CCc1ccccc12.CC. The predicted molar refractivity (Wildman–Crippen MR) is 127 cm³/mol. The third kappa shape index (κ3) is 5.09. The molecule has 0 saturated carbocycles. The van der Waals surface area contributed by atoms with E-state index in [1.54, 1.807) is 6.08 Å². The van der Waals surface area contributed by atoms with E-state index in [0.717, 1.165) is 11.1 Å². The number of carbonyl (C=O) groups excluding carboxylic acids is 1. The van der Waals surface area contributed by atoms with Crippen LogP contribution < -0.4 is 5.32 Å². The first kappa shape index (κ1) is 24.9. The number of nitriles is 1. The summed E-state index contributed by atoms with van der Waals surface area (Å²) in [4.78, 5) is 12.9. The number of dihydropyridines is 1. The average molecular weight is 453 g/mol. The van der Waals surface area contributed by atoms with Crippen molar-refractivity contribution >= 4 is 21.5 Å². The molecule has 1 aromatic carbocycles. The van der Waals surface area contributed by atoms with Crippen LogP contribution in [0.25, 0.3) is 5.70 Å². The van der Waals surface area contributed by atoms with E-state index in [9.17, 15) is 13.2 Å². The molecule has 0 amide bonds. The van der Waals surface area contributed by atoms with E-state index in [0.29, 0.717) is 17.7 Å². The minimum Gasteiger partial charge on any atom is -0.461 e. The lowest BCUT2D eigenvalue weighted by atomic mass is 9.86. The molecule has 0 aliphatic carbocycles. The van der Waals surface area contributed by atoms with Crippen molar-refractivity contribution in [1.29, 1.82) is 5.26 Å². The maximum Gasteiger partial charge on any atom is 0.336 e. The normalized spacial score (nSPS) is 18.7. The standard InChI is InChI=1S/C23H22N2O4S.C2H6/c1-3-8-16(4-2)20-19(23(26)29-13-7-12-24)15-25-21-18-10-6-5-9-17(18)11-14-30(27,28)22(20)21;1-2/h3-6,8-10,15,20,25H,1-2,7,11,13-14H2;1-2H3/b16-8+;. The Morgan fingerprint density at radius 1 is 1.31 bits per heavy atom. The number of sulfone groups is 1. The molecule has 0 aromatic heterocycles. The first-order valence-corrected chi connectivity index (χ1v) is 12.1. The minimum atomic E-state index is -3.71. The van der Waals surface area contributed by atoms with Crippen LogP contribution in [0.3, 0.4) is 0 Å². The molecule has 0 saturated heterocycles. The highest BCUT2D eigenvalue weighted by atomic mass is 32.2. The van der Waals surface area contributed by atoms with Crippen LogP contribution in [0.1, 0.15) is 31.4 Å². The van der Waals surface area contributed by atoms with Crippen molar-refractivity contribution in [2.45, 2.75) is 26.7 Å². The molecular formula is C25H28N2O4S. The lowest BCUT2D eigenvalue weighted by Gasteiger charge is -2.29. The fraction of sp³-hybridized carbons (Fsp3) is 0.280. The zero-order chi connectivity index (χ0) is 23.7. The number of nitrogens with zero attached hydrogens (tertiary/aromatic N) is 1. The van der Waals surface area contributed by atoms with Crippen molar-refractivity contribution in [3.05, 3.63) is 89.0 Å². The molecule has 1 N–H and O–H groups in total. The van der Waals surface area contributed by atoms with E-state index < -0.39 is 21.7 Å². The van der Waals surface area contributed by atoms with Crippen LogP contribution in [0.4, 0.5) is 0 Å². The Labute approximate surface area is 190 Å². The molecule has 168 valence electrons. The highest BCUT2D eigenvalue weighted by Crippen LogP contribution is 2.42. The van der Waals surface area contributed by atoms with Crippen molar-refractivity contribution in [2.24, 2.45) is 5.92 Å². The Hall–Kier alpha value is -3.37. The van der Waals surface area contributed by atoms with Crippen LogP contribution >= 0.6 is 0 Å². The van der Waals surface area contributed by atoms with Crippen molar-refractivity contribution in [3.63, 3.8) is 0 Å². The zero-order valence-electron chi connectivity index (χ0n) is 18.4. The van der Waals surface area contributed by atoms with Gasteiger partial charge in [-0.15, -0.1) is 0 Å². The molecule has 1 unspecified atom stereocenters. The van der Waals surface area contributed by atoms with Crippen LogP contribution in [0.5, 0.6) is 0 Å². The molecule has 1 atom stereocenters. The topological polar surface area (TPSA) is 96.3 Å². The Bertz CT molecular complexity index is 1130. The lowest BCUT2D eigenvalue weighted by molar-refractivity contribution is -0.139. The quantitative estimate of drug-likeness (QED) is 0.395. The summed E-state index contributed by atoms with van der Waals surface area (Å²) < 4.78 is 31.9. The van der Waals surface area contributed by atoms with Gasteiger partial charge in [0, 0.05) is 11.8 Å². The van der Waals surface area contributed by atoms with Crippen LogP contribution in [-0.4, -0.2) is 26.7 Å². The van der Waals surface area contributed by atoms with Crippen molar-refractivity contribution in [3.8, 4) is 6.07 Å². The lowest BCUT2D eigenvalue weighted by Crippen LogP contribution is -2.31. The third-order valence-corrected chi connectivity index (χ3v) is 6.87. The Morgan fingerprint density at radius 2 is 2.03 bits per heavy atom. The van der Waals surface area contributed by atoms with E-state index in [4.69, 9.17) is 10.00 Å². The summed E-state index contributed by atoms with van der Waals surface area (Å²) in [7, 11) is -3.71. The molecule has 1 aromatic rings. The van der Waals surface area contributed by atoms with Gasteiger partial charge in [0.1, 0.15) is 6.61 Å². The molecule has 0 fully saturated rings. The Morgan fingerprint density at radius 3 is 2.69 bits per heavy atom. The number of ether oxygens (including phenoxy) is 1. The van der Waals surface area contributed by atoms with Crippen LogP contribution in [0.15, 0.2) is 77.9 Å². The second-order valence-electron chi connectivity index (χ2n) is 6.79. The summed E-state index contributed by atoms with van der Waals surface area (Å²) in [5, 5.41) is 11.7. The summed E-state index contributed by atoms with van der Waals surface area (Å²) in [6.45, 7) is 11.4. The number of hydrogen-bond acceptors (Lipinski definition) is 6. The van der Waals surface area contributed by atoms with E-state index in [1.807, 2.05) is 44.2 Å². The molecule has 6 nitrogen and oxygen atoms in total. The van der Waals surface area contributed by atoms with Gasteiger partial charge in [0.15, 0.2) is 9.84 Å². The molecular weight excluding hydrogens is 424 g/mol. The van der Waals surface area contributed by atoms with Crippen LogP contribution in [-0.2, 0) is 25.8 Å². The predicted octanol–water partition coefficient (Wildman–Crippen LogP) is 4.21. The van der Waals surface area contributed by atoms with Gasteiger partial charge in [-0.3, -0.25) is 0 Å². The van der Waals surface area contributed by atoms with E-state index in [2.05, 4.69) is 18.5 Å².